The Hall–Kier alpha value is -3.71. The summed E-state index contributed by atoms with van der Waals surface area (Å²) in [6, 6.07) is 7.95. The van der Waals surface area contributed by atoms with Gasteiger partial charge in [-0.25, -0.2) is 4.79 Å². The first-order valence-electron chi connectivity index (χ1n) is 11.0. The number of carbonyl (C=O) groups excluding carboxylic acids is 1. The lowest BCUT2D eigenvalue weighted by Crippen LogP contribution is -2.46. The molecule has 0 saturated carbocycles. The molecule has 2 heterocycles. The van der Waals surface area contributed by atoms with E-state index in [1.54, 1.807) is 18.2 Å². The number of allylic oxidation sites excluding steroid dienone is 2. The average molecular weight is 465 g/mol. The number of aliphatic hydroxyl groups is 2. The molecule has 0 aliphatic carbocycles. The lowest BCUT2D eigenvalue weighted by atomic mass is 9.90. The van der Waals surface area contributed by atoms with Gasteiger partial charge >= 0.3 is 5.97 Å². The number of aromatic hydroxyl groups is 2. The Bertz CT molecular complexity index is 1260. The van der Waals surface area contributed by atoms with Gasteiger partial charge in [0.1, 0.15) is 28.4 Å². The van der Waals surface area contributed by atoms with Crippen LogP contribution in [0.3, 0.4) is 0 Å². The van der Waals surface area contributed by atoms with Crippen molar-refractivity contribution in [1.29, 1.82) is 0 Å². The van der Waals surface area contributed by atoms with Crippen LogP contribution >= 0.6 is 0 Å². The molecule has 1 unspecified atom stereocenters. The summed E-state index contributed by atoms with van der Waals surface area (Å²) in [5.74, 6) is -1.07. The quantitative estimate of drug-likeness (QED) is 0.387. The Morgan fingerprint density at radius 1 is 1.12 bits per heavy atom. The highest BCUT2D eigenvalue weighted by Gasteiger charge is 2.36. The highest BCUT2D eigenvalue weighted by atomic mass is 16.6. The number of fused-ring (bicyclic) bond motifs is 1. The van der Waals surface area contributed by atoms with E-state index in [1.165, 1.54) is 12.1 Å². The summed E-state index contributed by atoms with van der Waals surface area (Å²) in [7, 11) is 0. The molecule has 0 aromatic heterocycles. The second-order valence-corrected chi connectivity index (χ2v) is 9.40. The van der Waals surface area contributed by atoms with Gasteiger partial charge in [-0.3, -0.25) is 0 Å². The van der Waals surface area contributed by atoms with Crippen molar-refractivity contribution in [3.8, 4) is 17.2 Å². The predicted molar refractivity (Wildman–Crippen MR) is 127 cm³/mol. The minimum Gasteiger partial charge on any atom is -0.508 e. The molecule has 0 fully saturated rings. The highest BCUT2D eigenvalue weighted by Crippen LogP contribution is 2.40. The maximum absolute atomic E-state index is 12.6. The van der Waals surface area contributed by atoms with Gasteiger partial charge in [0, 0.05) is 18.1 Å². The van der Waals surface area contributed by atoms with Crippen molar-refractivity contribution >= 4 is 17.6 Å². The van der Waals surface area contributed by atoms with Crippen LogP contribution < -0.4 is 4.74 Å². The van der Waals surface area contributed by atoms with Crippen molar-refractivity contribution in [1.82, 2.24) is 0 Å². The second kappa shape index (κ2) is 8.57. The molecule has 2 aromatic carbocycles. The normalized spacial score (nSPS) is 20.1. The van der Waals surface area contributed by atoms with E-state index >= 15 is 0 Å². The Morgan fingerprint density at radius 3 is 2.56 bits per heavy atom. The third-order valence-electron chi connectivity index (χ3n) is 6.04. The SMILES string of the molecule is CC(C)=CCc1cc(C2=C(O)/C(=C/c3ccc4c(c3)CC(O)C(C)(C)O4)OC2=O)c(O)cc1O. The molecular weight excluding hydrogens is 436 g/mol. The van der Waals surface area contributed by atoms with Crippen molar-refractivity contribution in [3.05, 3.63) is 75.8 Å². The standard InChI is InChI=1S/C27H28O7/c1-14(2)5-7-16-11-18(20(29)13-19(16)28)24-25(31)22(33-26(24)32)10-15-6-8-21-17(9-15)12-23(30)27(3,4)34-21/h5-6,8-11,13,23,28-31H,7,12H2,1-4H3/b22-10-. The van der Waals surface area contributed by atoms with Crippen molar-refractivity contribution in [2.24, 2.45) is 0 Å². The molecule has 0 bridgehead atoms. The maximum Gasteiger partial charge on any atom is 0.348 e. The molecule has 34 heavy (non-hydrogen) atoms. The molecule has 0 radical (unpaired) electrons. The molecule has 2 aliphatic heterocycles. The molecule has 4 rings (SSSR count). The van der Waals surface area contributed by atoms with Crippen molar-refractivity contribution in [2.75, 3.05) is 0 Å². The van der Waals surface area contributed by atoms with E-state index in [1.807, 2.05) is 33.8 Å². The van der Waals surface area contributed by atoms with Gasteiger partial charge in [-0.05, 0) is 75.1 Å². The molecule has 2 aromatic rings. The number of rotatable bonds is 4. The molecule has 2 aliphatic rings. The van der Waals surface area contributed by atoms with E-state index < -0.39 is 23.4 Å². The minimum atomic E-state index is -0.809. The molecule has 7 heteroatoms. The summed E-state index contributed by atoms with van der Waals surface area (Å²) >= 11 is 0. The van der Waals surface area contributed by atoms with Crippen molar-refractivity contribution in [3.63, 3.8) is 0 Å². The molecule has 7 nitrogen and oxygen atoms in total. The molecule has 178 valence electrons. The number of phenolic OH excluding ortho intramolecular Hbond substituents is 2. The largest absolute Gasteiger partial charge is 0.508 e. The third kappa shape index (κ3) is 4.39. The topological polar surface area (TPSA) is 116 Å². The number of aliphatic hydroxyl groups excluding tert-OH is 2. The first-order valence-corrected chi connectivity index (χ1v) is 11.0. The summed E-state index contributed by atoms with van der Waals surface area (Å²) < 4.78 is 11.2. The fourth-order valence-corrected chi connectivity index (χ4v) is 3.96. The molecular formula is C27H28O7. The van der Waals surface area contributed by atoms with Gasteiger partial charge in [0.05, 0.1) is 6.10 Å². The first-order chi connectivity index (χ1) is 16.0. The minimum absolute atomic E-state index is 0.0594. The molecule has 0 spiro atoms. The van der Waals surface area contributed by atoms with Crippen LogP contribution in [0, 0.1) is 0 Å². The van der Waals surface area contributed by atoms with Crippen LogP contribution in [0.1, 0.15) is 49.9 Å². The van der Waals surface area contributed by atoms with E-state index in [0.717, 1.165) is 17.2 Å². The number of ether oxygens (including phenoxy) is 2. The van der Waals surface area contributed by atoms with E-state index in [9.17, 15) is 25.2 Å². The maximum atomic E-state index is 12.6. The number of cyclic esters (lactones) is 1. The van der Waals surface area contributed by atoms with Crippen LogP contribution in [-0.4, -0.2) is 38.1 Å². The van der Waals surface area contributed by atoms with Gasteiger partial charge in [-0.15, -0.1) is 0 Å². The zero-order chi connectivity index (χ0) is 24.8. The van der Waals surface area contributed by atoms with Crippen LogP contribution in [-0.2, 0) is 22.4 Å². The number of phenols is 2. The van der Waals surface area contributed by atoms with Gasteiger partial charge in [-0.2, -0.15) is 0 Å². The summed E-state index contributed by atoms with van der Waals surface area (Å²) in [5.41, 5.74) is 2.19. The van der Waals surface area contributed by atoms with E-state index in [0.29, 0.717) is 29.7 Å². The lowest BCUT2D eigenvalue weighted by molar-refractivity contribution is -0.131. The van der Waals surface area contributed by atoms with Gasteiger partial charge < -0.3 is 29.9 Å². The predicted octanol–water partition coefficient (Wildman–Crippen LogP) is 4.55. The summed E-state index contributed by atoms with van der Waals surface area (Å²) in [5, 5.41) is 41.7. The number of carbonyl (C=O) groups is 1. The lowest BCUT2D eigenvalue weighted by Gasteiger charge is -2.37. The van der Waals surface area contributed by atoms with Gasteiger partial charge in [-0.1, -0.05) is 17.7 Å². The van der Waals surface area contributed by atoms with Crippen LogP contribution in [0.2, 0.25) is 0 Å². The van der Waals surface area contributed by atoms with E-state index in [4.69, 9.17) is 9.47 Å². The number of esters is 1. The summed E-state index contributed by atoms with van der Waals surface area (Å²) in [6.45, 7) is 7.49. The Balaban J connectivity index is 1.70. The van der Waals surface area contributed by atoms with E-state index in [2.05, 4.69) is 0 Å². The summed E-state index contributed by atoms with van der Waals surface area (Å²) in [4.78, 5) is 12.6. The molecule has 4 N–H and O–H groups in total. The Morgan fingerprint density at radius 2 is 1.85 bits per heavy atom. The number of hydrogen-bond acceptors (Lipinski definition) is 7. The van der Waals surface area contributed by atoms with Crippen LogP contribution in [0.4, 0.5) is 0 Å². The van der Waals surface area contributed by atoms with Gasteiger partial charge in [0.25, 0.3) is 0 Å². The molecule has 0 amide bonds. The Kier molecular flexibility index (Phi) is 5.91. The average Bonchev–Trinajstić information content (AvgIpc) is 3.01. The summed E-state index contributed by atoms with van der Waals surface area (Å²) in [6.07, 6.45) is 3.54. The number of hydrogen-bond donors (Lipinski definition) is 4. The zero-order valence-corrected chi connectivity index (χ0v) is 19.5. The van der Waals surface area contributed by atoms with Crippen LogP contribution in [0.25, 0.3) is 11.6 Å². The van der Waals surface area contributed by atoms with Crippen molar-refractivity contribution in [2.45, 2.75) is 52.2 Å². The Labute approximate surface area is 197 Å². The fraction of sp³-hybridized carbons (Fsp3) is 0.296. The smallest absolute Gasteiger partial charge is 0.348 e. The van der Waals surface area contributed by atoms with Gasteiger partial charge in [0.2, 0.25) is 0 Å². The zero-order valence-electron chi connectivity index (χ0n) is 19.5. The second-order valence-electron chi connectivity index (χ2n) is 9.40. The fourth-order valence-electron chi connectivity index (χ4n) is 3.96. The highest BCUT2D eigenvalue weighted by molar-refractivity contribution is 6.21. The number of benzene rings is 2. The molecule has 1 atom stereocenters. The monoisotopic (exact) mass is 464 g/mol. The first kappa shape index (κ1) is 23.4. The third-order valence-corrected chi connectivity index (χ3v) is 6.04. The van der Waals surface area contributed by atoms with Crippen LogP contribution in [0.15, 0.2) is 53.5 Å². The van der Waals surface area contributed by atoms with Crippen molar-refractivity contribution < 1.29 is 34.7 Å². The molecule has 0 saturated heterocycles. The van der Waals surface area contributed by atoms with Gasteiger partial charge in [0.15, 0.2) is 11.5 Å². The van der Waals surface area contributed by atoms with E-state index in [-0.39, 0.29) is 28.4 Å². The van der Waals surface area contributed by atoms with Crippen LogP contribution in [0.5, 0.6) is 17.2 Å².